The Labute approximate surface area is 131 Å². The van der Waals surface area contributed by atoms with Gasteiger partial charge in [-0.25, -0.2) is 4.79 Å². The van der Waals surface area contributed by atoms with Gasteiger partial charge in [0, 0.05) is 29.8 Å². The fourth-order valence-electron chi connectivity index (χ4n) is 3.02. The Bertz CT molecular complexity index is 611. The van der Waals surface area contributed by atoms with Crippen LogP contribution < -0.4 is 10.6 Å². The van der Waals surface area contributed by atoms with E-state index in [1.807, 2.05) is 31.5 Å². The number of rotatable bonds is 5. The van der Waals surface area contributed by atoms with Gasteiger partial charge in [0.15, 0.2) is 0 Å². The van der Waals surface area contributed by atoms with E-state index in [0.717, 1.165) is 17.8 Å². The summed E-state index contributed by atoms with van der Waals surface area (Å²) in [6.45, 7) is 7.19. The van der Waals surface area contributed by atoms with Crippen molar-refractivity contribution in [3.63, 3.8) is 0 Å². The second-order valence-corrected chi connectivity index (χ2v) is 5.55. The Kier molecular flexibility index (Phi) is 5.21. The first kappa shape index (κ1) is 16.1. The van der Waals surface area contributed by atoms with Crippen LogP contribution in [0.2, 0.25) is 0 Å². The molecule has 6 nitrogen and oxygen atoms in total. The lowest BCUT2D eigenvalue weighted by molar-refractivity contribution is 0.239. The second-order valence-electron chi connectivity index (χ2n) is 5.55. The molecule has 2 atom stereocenters. The van der Waals surface area contributed by atoms with Crippen LogP contribution in [0.25, 0.3) is 0 Å². The van der Waals surface area contributed by atoms with E-state index in [1.165, 1.54) is 5.56 Å². The number of nitrogens with zero attached hydrogens (tertiary/aromatic N) is 3. The highest BCUT2D eigenvalue weighted by Gasteiger charge is 2.26. The number of urea groups is 1. The minimum Gasteiger partial charge on any atom is -0.338 e. The van der Waals surface area contributed by atoms with Crippen molar-refractivity contribution in [2.75, 3.05) is 6.54 Å². The van der Waals surface area contributed by atoms with E-state index in [-0.39, 0.29) is 18.0 Å². The fourth-order valence-corrected chi connectivity index (χ4v) is 3.02. The molecule has 1 aromatic heterocycles. The van der Waals surface area contributed by atoms with Crippen molar-refractivity contribution in [2.24, 2.45) is 0 Å². The number of amides is 2. The molecule has 0 fully saturated rings. The topological polar surface area (TPSA) is 82.7 Å². The normalized spacial score (nSPS) is 19.9. The maximum atomic E-state index is 11.6. The molecule has 1 aliphatic rings. The zero-order valence-corrected chi connectivity index (χ0v) is 13.4. The molecule has 0 aliphatic heterocycles. The smallest absolute Gasteiger partial charge is 0.315 e. The number of carbonyl (C=O) groups excluding carboxylic acids is 1. The monoisotopic (exact) mass is 301 g/mol. The number of aryl methyl sites for hydroxylation is 2. The predicted molar refractivity (Wildman–Crippen MR) is 84.4 cm³/mol. The largest absolute Gasteiger partial charge is 0.338 e. The second kappa shape index (κ2) is 7.12. The lowest BCUT2D eigenvalue weighted by Gasteiger charge is -2.15. The molecule has 1 aromatic rings. The summed E-state index contributed by atoms with van der Waals surface area (Å²) < 4.78 is 1.91. The zero-order valence-electron chi connectivity index (χ0n) is 13.4. The Morgan fingerprint density at radius 2 is 2.27 bits per heavy atom. The van der Waals surface area contributed by atoms with Crippen LogP contribution in [-0.4, -0.2) is 28.4 Å². The van der Waals surface area contributed by atoms with Crippen LogP contribution in [0.1, 0.15) is 42.6 Å². The average Bonchev–Trinajstić information content (AvgIpc) is 3.01. The standard InChI is InChI=1S/C16H23N5O/c1-4-18-16(22)19-14-7-6-13(10-14)15-11(2)20-21(12(15)3)9-5-8-17/h6-7,13-14H,4-5,9-10H2,1-3H3,(H2,18,19,22)/t13-,14+/m1/s1. The number of nitrogens with one attached hydrogen (secondary N) is 2. The van der Waals surface area contributed by atoms with Gasteiger partial charge in [0.25, 0.3) is 0 Å². The van der Waals surface area contributed by atoms with Crippen molar-refractivity contribution in [1.29, 1.82) is 5.26 Å². The van der Waals surface area contributed by atoms with Gasteiger partial charge < -0.3 is 10.6 Å². The van der Waals surface area contributed by atoms with E-state index in [1.54, 1.807) is 0 Å². The Hall–Kier alpha value is -2.29. The summed E-state index contributed by atoms with van der Waals surface area (Å²) in [5.41, 5.74) is 3.33. The average molecular weight is 301 g/mol. The molecular formula is C16H23N5O. The van der Waals surface area contributed by atoms with Gasteiger partial charge >= 0.3 is 6.03 Å². The number of hydrogen-bond donors (Lipinski definition) is 2. The first-order valence-corrected chi connectivity index (χ1v) is 7.70. The highest BCUT2D eigenvalue weighted by atomic mass is 16.2. The Morgan fingerprint density at radius 1 is 1.50 bits per heavy atom. The Balaban J connectivity index is 2.05. The third kappa shape index (κ3) is 3.48. The van der Waals surface area contributed by atoms with E-state index in [4.69, 9.17) is 5.26 Å². The molecule has 0 radical (unpaired) electrons. The van der Waals surface area contributed by atoms with Gasteiger partial charge in [-0.05, 0) is 27.2 Å². The number of aromatic nitrogens is 2. The molecule has 2 N–H and O–H groups in total. The summed E-state index contributed by atoms with van der Waals surface area (Å²) in [7, 11) is 0. The Morgan fingerprint density at radius 3 is 2.95 bits per heavy atom. The van der Waals surface area contributed by atoms with Crippen molar-refractivity contribution in [3.05, 3.63) is 29.1 Å². The molecule has 0 bridgehead atoms. The van der Waals surface area contributed by atoms with Crippen LogP contribution >= 0.6 is 0 Å². The third-order valence-electron chi connectivity index (χ3n) is 3.98. The minimum absolute atomic E-state index is 0.0535. The van der Waals surface area contributed by atoms with Crippen LogP contribution in [0.15, 0.2) is 12.2 Å². The van der Waals surface area contributed by atoms with Crippen molar-refractivity contribution >= 4 is 6.03 Å². The molecular weight excluding hydrogens is 278 g/mol. The van der Waals surface area contributed by atoms with Gasteiger partial charge in [-0.2, -0.15) is 10.4 Å². The molecule has 0 spiro atoms. The van der Waals surface area contributed by atoms with Gasteiger partial charge in [0.1, 0.15) is 0 Å². The number of allylic oxidation sites excluding steroid dienone is 1. The number of hydrogen-bond acceptors (Lipinski definition) is 3. The summed E-state index contributed by atoms with van der Waals surface area (Å²) in [6.07, 6.45) is 5.50. The molecule has 1 aliphatic carbocycles. The molecule has 118 valence electrons. The highest BCUT2D eigenvalue weighted by Crippen LogP contribution is 2.33. The van der Waals surface area contributed by atoms with Crippen LogP contribution in [0, 0.1) is 25.2 Å². The molecule has 6 heteroatoms. The van der Waals surface area contributed by atoms with Crippen LogP contribution in [0.5, 0.6) is 0 Å². The third-order valence-corrected chi connectivity index (χ3v) is 3.98. The van der Waals surface area contributed by atoms with Gasteiger partial charge in [0.05, 0.1) is 24.7 Å². The summed E-state index contributed by atoms with van der Waals surface area (Å²) in [6, 6.07) is 2.08. The maximum Gasteiger partial charge on any atom is 0.315 e. The van der Waals surface area contributed by atoms with Crippen molar-refractivity contribution in [3.8, 4) is 6.07 Å². The molecule has 1 heterocycles. The molecule has 2 amide bonds. The van der Waals surface area contributed by atoms with Crippen LogP contribution in [0.3, 0.4) is 0 Å². The summed E-state index contributed by atoms with van der Waals surface area (Å²) in [5.74, 6) is 0.266. The molecule has 0 saturated carbocycles. The fraction of sp³-hybridized carbons (Fsp3) is 0.562. The predicted octanol–water partition coefficient (Wildman–Crippen LogP) is 2.14. The maximum absolute atomic E-state index is 11.6. The summed E-state index contributed by atoms with van der Waals surface area (Å²) in [5, 5.41) is 19.0. The molecule has 2 rings (SSSR count). The van der Waals surface area contributed by atoms with E-state index in [9.17, 15) is 4.79 Å². The van der Waals surface area contributed by atoms with Gasteiger partial charge in [-0.15, -0.1) is 0 Å². The summed E-state index contributed by atoms with van der Waals surface area (Å²) >= 11 is 0. The van der Waals surface area contributed by atoms with Crippen molar-refractivity contribution < 1.29 is 4.79 Å². The number of nitriles is 1. The first-order chi connectivity index (χ1) is 10.6. The van der Waals surface area contributed by atoms with E-state index in [2.05, 4.69) is 27.9 Å². The van der Waals surface area contributed by atoms with E-state index < -0.39 is 0 Å². The zero-order chi connectivity index (χ0) is 16.1. The number of carbonyl (C=O) groups is 1. The molecule has 0 saturated heterocycles. The van der Waals surface area contributed by atoms with Crippen molar-refractivity contribution in [1.82, 2.24) is 20.4 Å². The lowest BCUT2D eigenvalue weighted by Crippen LogP contribution is -2.40. The molecule has 0 aromatic carbocycles. The molecule has 22 heavy (non-hydrogen) atoms. The van der Waals surface area contributed by atoms with Crippen LogP contribution in [-0.2, 0) is 6.54 Å². The van der Waals surface area contributed by atoms with E-state index in [0.29, 0.717) is 19.5 Å². The molecule has 0 unspecified atom stereocenters. The quantitative estimate of drug-likeness (QED) is 0.817. The van der Waals surface area contributed by atoms with Crippen molar-refractivity contribution in [2.45, 2.75) is 52.1 Å². The van der Waals surface area contributed by atoms with Gasteiger partial charge in [-0.1, -0.05) is 12.2 Å². The summed E-state index contributed by atoms with van der Waals surface area (Å²) in [4.78, 5) is 11.6. The SMILES string of the molecule is CCNC(=O)N[C@H]1C=C[C@@H](c2c(C)nn(CCC#N)c2C)C1. The van der Waals surface area contributed by atoms with Gasteiger partial charge in [-0.3, -0.25) is 4.68 Å². The first-order valence-electron chi connectivity index (χ1n) is 7.70. The lowest BCUT2D eigenvalue weighted by atomic mass is 9.96. The highest BCUT2D eigenvalue weighted by molar-refractivity contribution is 5.74. The van der Waals surface area contributed by atoms with Gasteiger partial charge in [0.2, 0.25) is 0 Å². The van der Waals surface area contributed by atoms with Crippen LogP contribution in [0.4, 0.5) is 4.79 Å². The van der Waals surface area contributed by atoms with E-state index >= 15 is 0 Å². The minimum atomic E-state index is -0.129.